The van der Waals surface area contributed by atoms with Gasteiger partial charge in [-0.05, 0) is 18.2 Å². The van der Waals surface area contributed by atoms with Crippen molar-refractivity contribution in [2.75, 3.05) is 4.72 Å². The average Bonchev–Trinajstić information content (AvgIpc) is 2.26. The first-order chi connectivity index (χ1) is 8.95. The summed E-state index contributed by atoms with van der Waals surface area (Å²) < 4.78 is 85.4. The van der Waals surface area contributed by atoms with Gasteiger partial charge >= 0.3 is 11.9 Å². The summed E-state index contributed by atoms with van der Waals surface area (Å²) >= 11 is 0. The molecule has 0 aliphatic heterocycles. The third-order valence-corrected chi connectivity index (χ3v) is 3.10. The molecular weight excluding hydrogens is 309 g/mol. The van der Waals surface area contributed by atoms with E-state index in [-0.39, 0.29) is 6.07 Å². The van der Waals surface area contributed by atoms with Crippen LogP contribution in [0.1, 0.15) is 11.1 Å². The van der Waals surface area contributed by atoms with Crippen molar-refractivity contribution in [1.82, 2.24) is 0 Å². The van der Waals surface area contributed by atoms with Crippen LogP contribution in [0.4, 0.5) is 27.6 Å². The van der Waals surface area contributed by atoms with Gasteiger partial charge in [0.05, 0.1) is 5.56 Å². The van der Waals surface area contributed by atoms with Crippen LogP contribution in [0.25, 0.3) is 0 Å². The molecular formula is C9H8F5N3O2S. The molecule has 4 N–H and O–H groups in total. The van der Waals surface area contributed by atoms with E-state index in [1.54, 1.807) is 0 Å². The molecule has 1 aromatic carbocycles. The van der Waals surface area contributed by atoms with Crippen LogP contribution in [0.5, 0.6) is 0 Å². The van der Waals surface area contributed by atoms with Crippen LogP contribution in [0, 0.1) is 5.41 Å². The van der Waals surface area contributed by atoms with Crippen LogP contribution in [0.3, 0.4) is 0 Å². The van der Waals surface area contributed by atoms with Crippen LogP contribution in [0.15, 0.2) is 18.2 Å². The zero-order chi connectivity index (χ0) is 15.7. The molecule has 20 heavy (non-hydrogen) atoms. The fourth-order valence-corrected chi connectivity index (χ4v) is 1.83. The normalized spacial score (nSPS) is 12.5. The molecule has 0 aliphatic carbocycles. The molecule has 0 aliphatic rings. The number of halogens is 5. The fourth-order valence-electron chi connectivity index (χ4n) is 1.29. The van der Waals surface area contributed by atoms with Gasteiger partial charge in [-0.2, -0.15) is 22.0 Å². The molecule has 0 fully saturated rings. The summed E-state index contributed by atoms with van der Waals surface area (Å²) in [4.78, 5) is 0. The van der Waals surface area contributed by atoms with Gasteiger partial charge in [-0.15, -0.1) is 0 Å². The maximum absolute atomic E-state index is 12.7. The van der Waals surface area contributed by atoms with Gasteiger partial charge < -0.3 is 5.73 Å². The molecule has 0 atom stereocenters. The van der Waals surface area contributed by atoms with Gasteiger partial charge in [0.25, 0.3) is 10.0 Å². The van der Waals surface area contributed by atoms with Gasteiger partial charge in [0.1, 0.15) is 5.84 Å². The summed E-state index contributed by atoms with van der Waals surface area (Å²) in [7, 11) is -5.08. The molecule has 0 unspecified atom stereocenters. The monoisotopic (exact) mass is 317 g/mol. The van der Waals surface area contributed by atoms with Crippen LogP contribution in [0.2, 0.25) is 0 Å². The number of anilines is 1. The molecule has 0 aromatic heterocycles. The summed E-state index contributed by atoms with van der Waals surface area (Å²) in [5.41, 5.74) is 2.17. The number of rotatable bonds is 4. The molecule has 112 valence electrons. The van der Waals surface area contributed by atoms with E-state index in [1.807, 2.05) is 0 Å². The topological polar surface area (TPSA) is 96.0 Å². The van der Waals surface area contributed by atoms with Crippen molar-refractivity contribution in [2.24, 2.45) is 5.73 Å². The van der Waals surface area contributed by atoms with E-state index in [2.05, 4.69) is 0 Å². The molecule has 0 saturated heterocycles. The van der Waals surface area contributed by atoms with E-state index in [9.17, 15) is 30.4 Å². The highest BCUT2D eigenvalue weighted by Gasteiger charge is 2.35. The smallest absolute Gasteiger partial charge is 0.384 e. The second-order valence-electron chi connectivity index (χ2n) is 3.58. The highest BCUT2D eigenvalue weighted by molar-refractivity contribution is 7.93. The summed E-state index contributed by atoms with van der Waals surface area (Å²) in [6.07, 6.45) is -4.92. The van der Waals surface area contributed by atoms with Gasteiger partial charge in [0.15, 0.2) is 0 Å². The van der Waals surface area contributed by atoms with Crippen molar-refractivity contribution in [1.29, 1.82) is 5.41 Å². The average molecular weight is 317 g/mol. The Morgan fingerprint density at radius 3 is 2.25 bits per heavy atom. The number of amidine groups is 1. The third kappa shape index (κ3) is 3.56. The number of sulfonamides is 1. The van der Waals surface area contributed by atoms with E-state index >= 15 is 0 Å². The predicted molar refractivity (Wildman–Crippen MR) is 61.0 cm³/mol. The van der Waals surface area contributed by atoms with E-state index in [0.29, 0.717) is 6.07 Å². The molecule has 1 rings (SSSR count). The highest BCUT2D eigenvalue weighted by atomic mass is 32.2. The Kier molecular flexibility index (Phi) is 4.22. The lowest BCUT2D eigenvalue weighted by molar-refractivity contribution is -0.137. The molecule has 0 radical (unpaired) electrons. The Hall–Kier alpha value is -1.91. The second-order valence-corrected chi connectivity index (χ2v) is 5.23. The minimum Gasteiger partial charge on any atom is -0.384 e. The third-order valence-electron chi connectivity index (χ3n) is 2.11. The predicted octanol–water partition coefficient (Wildman–Crippen LogP) is 1.95. The van der Waals surface area contributed by atoms with E-state index in [4.69, 9.17) is 11.1 Å². The first kappa shape index (κ1) is 16.1. The van der Waals surface area contributed by atoms with Gasteiger partial charge in [-0.25, -0.2) is 8.42 Å². The SMILES string of the molecule is N=C(N)c1ccc(NS(=O)(=O)C(F)F)cc1C(F)(F)F. The Morgan fingerprint density at radius 1 is 1.30 bits per heavy atom. The number of benzene rings is 1. The van der Waals surface area contributed by atoms with Crippen LogP contribution < -0.4 is 10.5 Å². The number of nitrogens with one attached hydrogen (secondary N) is 2. The molecule has 0 spiro atoms. The Morgan fingerprint density at radius 2 is 1.85 bits per heavy atom. The lowest BCUT2D eigenvalue weighted by Crippen LogP contribution is -2.22. The highest BCUT2D eigenvalue weighted by Crippen LogP contribution is 2.34. The summed E-state index contributed by atoms with van der Waals surface area (Å²) in [5.74, 6) is -4.68. The van der Waals surface area contributed by atoms with Crippen molar-refractivity contribution >= 4 is 21.5 Å². The molecule has 1 aromatic rings. The molecule has 0 heterocycles. The van der Waals surface area contributed by atoms with Crippen molar-refractivity contribution in [3.63, 3.8) is 0 Å². The van der Waals surface area contributed by atoms with Crippen molar-refractivity contribution in [3.05, 3.63) is 29.3 Å². The molecule has 0 bridgehead atoms. The minimum atomic E-state index is -5.08. The van der Waals surface area contributed by atoms with Gasteiger partial charge in [-0.3, -0.25) is 10.1 Å². The quantitative estimate of drug-likeness (QED) is 0.450. The van der Waals surface area contributed by atoms with Crippen molar-refractivity contribution < 1.29 is 30.4 Å². The zero-order valence-electron chi connectivity index (χ0n) is 9.50. The Bertz CT molecular complexity index is 627. The van der Waals surface area contributed by atoms with Gasteiger partial charge in [0, 0.05) is 11.3 Å². The molecule has 0 amide bonds. The largest absolute Gasteiger partial charge is 0.417 e. The first-order valence-corrected chi connectivity index (χ1v) is 6.35. The lowest BCUT2D eigenvalue weighted by atomic mass is 10.1. The van der Waals surface area contributed by atoms with Crippen LogP contribution in [-0.2, 0) is 16.2 Å². The standard InChI is InChI=1S/C9H8F5N3O2S/c10-8(11)20(18,19)17-4-1-2-5(7(15)16)6(3-4)9(12,13)14/h1-3,8,17H,(H3,15,16). The maximum atomic E-state index is 12.7. The molecule has 0 saturated carbocycles. The first-order valence-electron chi connectivity index (χ1n) is 4.80. The Balaban J connectivity index is 3.31. The second kappa shape index (κ2) is 5.23. The Labute approximate surface area is 110 Å². The number of hydrogen-bond donors (Lipinski definition) is 3. The zero-order valence-corrected chi connectivity index (χ0v) is 10.3. The maximum Gasteiger partial charge on any atom is 0.417 e. The van der Waals surface area contributed by atoms with Gasteiger partial charge in [-0.1, -0.05) is 0 Å². The minimum absolute atomic E-state index is 0.288. The number of alkyl halides is 5. The molecule has 5 nitrogen and oxygen atoms in total. The van der Waals surface area contributed by atoms with E-state index in [1.165, 1.54) is 4.72 Å². The van der Waals surface area contributed by atoms with Gasteiger partial charge in [0.2, 0.25) is 0 Å². The van der Waals surface area contributed by atoms with Crippen molar-refractivity contribution in [2.45, 2.75) is 11.9 Å². The summed E-state index contributed by atoms with van der Waals surface area (Å²) in [6, 6.07) is 1.80. The summed E-state index contributed by atoms with van der Waals surface area (Å²) in [6.45, 7) is 0. The van der Waals surface area contributed by atoms with Crippen LogP contribution >= 0.6 is 0 Å². The van der Waals surface area contributed by atoms with Crippen molar-refractivity contribution in [3.8, 4) is 0 Å². The van der Waals surface area contributed by atoms with E-state index in [0.717, 1.165) is 6.07 Å². The molecule has 11 heteroatoms. The lowest BCUT2D eigenvalue weighted by Gasteiger charge is -2.14. The number of hydrogen-bond acceptors (Lipinski definition) is 3. The summed E-state index contributed by atoms with van der Waals surface area (Å²) in [5, 5.41) is 6.99. The number of nitrogen functional groups attached to an aromatic ring is 1. The fraction of sp³-hybridized carbons (Fsp3) is 0.222. The number of nitrogens with two attached hydrogens (primary N) is 1. The van der Waals surface area contributed by atoms with E-state index < -0.39 is 44.6 Å². The van der Waals surface area contributed by atoms with Crippen LogP contribution in [-0.4, -0.2) is 20.0 Å².